The Morgan fingerprint density at radius 1 is 1.00 bits per heavy atom. The molecule has 0 aliphatic rings. The van der Waals surface area contributed by atoms with Crippen molar-refractivity contribution in [2.24, 2.45) is 0 Å². The van der Waals surface area contributed by atoms with Gasteiger partial charge in [-0.1, -0.05) is 48.5 Å². The first-order valence-corrected chi connectivity index (χ1v) is 8.31. The van der Waals surface area contributed by atoms with Crippen LogP contribution < -0.4 is 0 Å². The summed E-state index contributed by atoms with van der Waals surface area (Å²) in [5.74, 6) is -0.838. The molecule has 26 heavy (non-hydrogen) atoms. The lowest BCUT2D eigenvalue weighted by molar-refractivity contribution is -0.138. The topological polar surface area (TPSA) is 59.5 Å². The van der Waals surface area contributed by atoms with Crippen LogP contribution in [0.5, 0.6) is 0 Å². The summed E-state index contributed by atoms with van der Waals surface area (Å²) >= 11 is 0. The van der Waals surface area contributed by atoms with Crippen LogP contribution >= 0.6 is 0 Å². The molecule has 0 N–H and O–H groups in total. The number of fused-ring (bicyclic) bond motifs is 1. The highest BCUT2D eigenvalue weighted by molar-refractivity contribution is 6.04. The van der Waals surface area contributed by atoms with E-state index in [4.69, 9.17) is 4.74 Å². The number of hydrogen-bond donors (Lipinski definition) is 0. The van der Waals surface area contributed by atoms with Crippen LogP contribution in [0.1, 0.15) is 27.7 Å². The van der Waals surface area contributed by atoms with E-state index in [1.807, 2.05) is 49.4 Å². The molecule has 1 atom stereocenters. The number of aryl methyl sites for hydroxylation is 1. The number of benzene rings is 2. The van der Waals surface area contributed by atoms with Gasteiger partial charge in [0.25, 0.3) is 5.91 Å². The van der Waals surface area contributed by atoms with Gasteiger partial charge in [0.05, 0.1) is 11.1 Å². The second-order valence-electron chi connectivity index (χ2n) is 6.26. The summed E-state index contributed by atoms with van der Waals surface area (Å²) in [4.78, 5) is 31.3. The molecule has 0 saturated carbocycles. The van der Waals surface area contributed by atoms with Crippen molar-refractivity contribution in [2.45, 2.75) is 13.0 Å². The van der Waals surface area contributed by atoms with E-state index in [1.54, 1.807) is 32.3 Å². The largest absolute Gasteiger partial charge is 0.444 e. The highest BCUT2D eigenvalue weighted by atomic mass is 16.5. The minimum Gasteiger partial charge on any atom is -0.444 e. The smallest absolute Gasteiger partial charge is 0.340 e. The molecular weight excluding hydrogens is 328 g/mol. The minimum atomic E-state index is -0.995. The van der Waals surface area contributed by atoms with Crippen LogP contribution in [0.4, 0.5) is 0 Å². The van der Waals surface area contributed by atoms with Gasteiger partial charge in [0.1, 0.15) is 0 Å². The normalized spacial score (nSPS) is 11.8. The Balaban J connectivity index is 2.00. The Morgan fingerprint density at radius 2 is 1.65 bits per heavy atom. The summed E-state index contributed by atoms with van der Waals surface area (Å²) in [6.07, 6.45) is -0.995. The van der Waals surface area contributed by atoms with Crippen molar-refractivity contribution in [1.82, 2.24) is 9.88 Å². The summed E-state index contributed by atoms with van der Waals surface area (Å²) in [6, 6.07) is 18.1. The molecule has 1 aromatic heterocycles. The zero-order valence-electron chi connectivity index (χ0n) is 15.0. The SMILES string of the molecule is Cc1cc(C(=O)O[C@H](C(=O)N(C)C)c2ccccc2)c2ccccc2n1. The first-order chi connectivity index (χ1) is 12.5. The third-order valence-corrected chi connectivity index (χ3v) is 4.06. The second-order valence-corrected chi connectivity index (χ2v) is 6.26. The molecule has 2 aromatic carbocycles. The lowest BCUT2D eigenvalue weighted by Crippen LogP contribution is -2.31. The third kappa shape index (κ3) is 3.57. The minimum absolute atomic E-state index is 0.292. The van der Waals surface area contributed by atoms with Crippen molar-refractivity contribution in [2.75, 3.05) is 14.1 Å². The number of amides is 1. The quantitative estimate of drug-likeness (QED) is 0.677. The van der Waals surface area contributed by atoms with Crippen molar-refractivity contribution in [3.05, 3.63) is 77.5 Å². The molecule has 5 heteroatoms. The average Bonchev–Trinajstić information content (AvgIpc) is 2.65. The monoisotopic (exact) mass is 348 g/mol. The van der Waals surface area contributed by atoms with E-state index in [0.717, 1.165) is 5.52 Å². The van der Waals surface area contributed by atoms with Crippen LogP contribution in [0.3, 0.4) is 0 Å². The van der Waals surface area contributed by atoms with Gasteiger partial charge in [0.15, 0.2) is 0 Å². The molecule has 5 nitrogen and oxygen atoms in total. The second kappa shape index (κ2) is 7.35. The van der Waals surface area contributed by atoms with Crippen LogP contribution in [0.15, 0.2) is 60.7 Å². The van der Waals surface area contributed by atoms with Gasteiger partial charge in [-0.3, -0.25) is 9.78 Å². The van der Waals surface area contributed by atoms with E-state index in [9.17, 15) is 9.59 Å². The number of likely N-dealkylation sites (N-methyl/N-ethyl adjacent to an activating group) is 1. The van der Waals surface area contributed by atoms with Gasteiger partial charge in [0.2, 0.25) is 6.10 Å². The van der Waals surface area contributed by atoms with Gasteiger partial charge in [0, 0.05) is 30.7 Å². The molecule has 1 amide bonds. The van der Waals surface area contributed by atoms with Crippen molar-refractivity contribution < 1.29 is 14.3 Å². The van der Waals surface area contributed by atoms with Crippen molar-refractivity contribution >= 4 is 22.8 Å². The molecule has 0 aliphatic carbocycles. The Labute approximate surface area is 152 Å². The molecule has 132 valence electrons. The summed E-state index contributed by atoms with van der Waals surface area (Å²) in [6.45, 7) is 1.82. The molecular formula is C21H20N2O3. The van der Waals surface area contributed by atoms with Gasteiger partial charge in [-0.05, 0) is 19.1 Å². The molecule has 0 unspecified atom stereocenters. The molecule has 3 aromatic rings. The first kappa shape index (κ1) is 17.6. The van der Waals surface area contributed by atoms with E-state index in [-0.39, 0.29) is 5.91 Å². The number of esters is 1. The summed E-state index contributed by atoms with van der Waals surface area (Å²) in [7, 11) is 3.27. The standard InChI is InChI=1S/C21H20N2O3/c1-14-13-17(16-11-7-8-12-18(16)22-14)21(25)26-19(20(24)23(2)3)15-9-5-4-6-10-15/h4-13,19H,1-3H3/t19-/m0/s1. The predicted octanol–water partition coefficient (Wildman–Crippen LogP) is 3.53. The van der Waals surface area contributed by atoms with E-state index >= 15 is 0 Å². The fourth-order valence-corrected chi connectivity index (χ4v) is 2.77. The molecule has 0 aliphatic heterocycles. The molecule has 0 fully saturated rings. The zero-order valence-corrected chi connectivity index (χ0v) is 15.0. The number of ether oxygens (including phenoxy) is 1. The van der Waals surface area contributed by atoms with Crippen LogP contribution in [0.25, 0.3) is 10.9 Å². The predicted molar refractivity (Wildman–Crippen MR) is 99.8 cm³/mol. The van der Waals surface area contributed by atoms with Gasteiger partial charge in [-0.25, -0.2) is 4.79 Å². The number of aromatic nitrogens is 1. The molecule has 3 rings (SSSR count). The van der Waals surface area contributed by atoms with E-state index < -0.39 is 12.1 Å². The van der Waals surface area contributed by atoms with Gasteiger partial charge in [-0.15, -0.1) is 0 Å². The Hall–Kier alpha value is -3.21. The van der Waals surface area contributed by atoms with Crippen molar-refractivity contribution in [1.29, 1.82) is 0 Å². The molecule has 0 saturated heterocycles. The summed E-state index contributed by atoms with van der Waals surface area (Å²) in [5, 5.41) is 0.701. The fourth-order valence-electron chi connectivity index (χ4n) is 2.77. The van der Waals surface area contributed by atoms with E-state index in [1.165, 1.54) is 4.90 Å². The number of hydrogen-bond acceptors (Lipinski definition) is 4. The fraction of sp³-hybridized carbons (Fsp3) is 0.190. The van der Waals surface area contributed by atoms with Gasteiger partial charge < -0.3 is 9.64 Å². The number of carbonyl (C=O) groups is 2. The Kier molecular flexibility index (Phi) is 4.98. The summed E-state index contributed by atoms with van der Waals surface area (Å²) < 4.78 is 5.65. The highest BCUT2D eigenvalue weighted by Crippen LogP contribution is 2.24. The van der Waals surface area contributed by atoms with Crippen LogP contribution in [0.2, 0.25) is 0 Å². The summed E-state index contributed by atoms with van der Waals surface area (Å²) in [5.41, 5.74) is 2.47. The maximum absolute atomic E-state index is 12.9. The number of rotatable bonds is 4. The van der Waals surface area contributed by atoms with Gasteiger partial charge in [-0.2, -0.15) is 0 Å². The molecule has 0 bridgehead atoms. The number of carbonyl (C=O) groups excluding carboxylic acids is 2. The van der Waals surface area contributed by atoms with Crippen molar-refractivity contribution in [3.63, 3.8) is 0 Å². The van der Waals surface area contributed by atoms with Crippen LogP contribution in [-0.2, 0) is 9.53 Å². The third-order valence-electron chi connectivity index (χ3n) is 4.06. The molecule has 0 radical (unpaired) electrons. The Bertz CT molecular complexity index is 952. The van der Waals surface area contributed by atoms with Gasteiger partial charge >= 0.3 is 5.97 Å². The van der Waals surface area contributed by atoms with E-state index in [2.05, 4.69) is 4.98 Å². The van der Waals surface area contributed by atoms with Crippen molar-refractivity contribution in [3.8, 4) is 0 Å². The number of nitrogens with zero attached hydrogens (tertiary/aromatic N) is 2. The molecule has 0 spiro atoms. The first-order valence-electron chi connectivity index (χ1n) is 8.31. The van der Waals surface area contributed by atoms with Crippen LogP contribution in [-0.4, -0.2) is 35.9 Å². The maximum atomic E-state index is 12.9. The zero-order chi connectivity index (χ0) is 18.7. The maximum Gasteiger partial charge on any atom is 0.340 e. The Morgan fingerprint density at radius 3 is 2.35 bits per heavy atom. The lowest BCUT2D eigenvalue weighted by atomic mass is 10.1. The van der Waals surface area contributed by atoms with Crippen LogP contribution in [0, 0.1) is 6.92 Å². The molecule has 1 heterocycles. The number of pyridine rings is 1. The average molecular weight is 348 g/mol. The van der Waals surface area contributed by atoms with E-state index in [0.29, 0.717) is 22.2 Å². The highest BCUT2D eigenvalue weighted by Gasteiger charge is 2.27. The number of para-hydroxylation sites is 1. The lowest BCUT2D eigenvalue weighted by Gasteiger charge is -2.21.